The number of hydrogen-bond donors (Lipinski definition) is 1. The highest BCUT2D eigenvalue weighted by Crippen LogP contribution is 2.39. The topological polar surface area (TPSA) is 84.9 Å². The Hall–Kier alpha value is -3.53. The third-order valence-corrected chi connectivity index (χ3v) is 9.24. The zero-order chi connectivity index (χ0) is 30.3. The van der Waals surface area contributed by atoms with Gasteiger partial charge in [-0.3, -0.25) is 9.59 Å². The van der Waals surface area contributed by atoms with Crippen LogP contribution in [-0.2, 0) is 25.5 Å². The summed E-state index contributed by atoms with van der Waals surface area (Å²) in [5.41, 5.74) is 1.68. The fourth-order valence-electron chi connectivity index (χ4n) is 5.42. The second-order valence-corrected chi connectivity index (χ2v) is 17.7. The van der Waals surface area contributed by atoms with Crippen LogP contribution in [0.3, 0.4) is 0 Å². The molecule has 0 aromatic heterocycles. The predicted octanol–water partition coefficient (Wildman–Crippen LogP) is 5.26. The number of ether oxygens (including phenoxy) is 2. The molecule has 0 radical (unpaired) electrons. The van der Waals surface area contributed by atoms with Crippen LogP contribution in [0.1, 0.15) is 50.8 Å². The van der Waals surface area contributed by atoms with E-state index >= 15 is 0 Å². The van der Waals surface area contributed by atoms with Crippen LogP contribution in [0, 0.1) is 17.6 Å². The lowest BCUT2D eigenvalue weighted by atomic mass is 9.78. The number of nitrogens with zero attached hydrogens (tertiary/aromatic N) is 1. The molecule has 1 aliphatic carbocycles. The van der Waals surface area contributed by atoms with Crippen LogP contribution < -0.4 is 15.2 Å². The van der Waals surface area contributed by atoms with Crippen molar-refractivity contribution in [2.75, 3.05) is 19.0 Å². The molecule has 10 heteroatoms. The van der Waals surface area contributed by atoms with Crippen molar-refractivity contribution in [2.45, 2.75) is 71.3 Å². The summed E-state index contributed by atoms with van der Waals surface area (Å²) >= 11 is 0. The largest absolute Gasteiger partial charge is 0.497 e. The van der Waals surface area contributed by atoms with Gasteiger partial charge in [-0.15, -0.1) is 0 Å². The third-order valence-electron chi connectivity index (χ3n) is 7.26. The van der Waals surface area contributed by atoms with Gasteiger partial charge in [0.1, 0.15) is 29.0 Å². The van der Waals surface area contributed by atoms with Crippen LogP contribution in [0.4, 0.5) is 14.5 Å². The number of halogens is 2. The Balaban J connectivity index is 1.59. The SMILES string of the molecule is COc1ccc2c(c1)CCN(C(=O)C1CC(=CC(=O)OC(C)(C)C)C1)[C@H]2C(=O)Nc1cc(F)c([Si](C)(C)C)c(F)c1. The summed E-state index contributed by atoms with van der Waals surface area (Å²) in [4.78, 5) is 41.1. The molecule has 0 saturated heterocycles. The molecular formula is C31H38F2N2O5Si. The molecule has 2 aromatic carbocycles. The number of allylic oxidation sites excluding steroid dienone is 1. The molecule has 1 fully saturated rings. The predicted molar refractivity (Wildman–Crippen MR) is 156 cm³/mol. The molecule has 7 nitrogen and oxygen atoms in total. The van der Waals surface area contributed by atoms with Gasteiger partial charge in [-0.1, -0.05) is 31.3 Å². The molecular weight excluding hydrogens is 546 g/mol. The molecule has 0 unspecified atom stereocenters. The minimum atomic E-state index is -2.30. The summed E-state index contributed by atoms with van der Waals surface area (Å²) in [6, 6.07) is 6.59. The number of carbonyl (C=O) groups excluding carboxylic acids is 3. The normalized spacial score (nSPS) is 18.7. The molecule has 1 atom stereocenters. The highest BCUT2D eigenvalue weighted by molar-refractivity contribution is 6.88. The van der Waals surface area contributed by atoms with Crippen molar-refractivity contribution in [3.8, 4) is 5.75 Å². The average Bonchev–Trinajstić information content (AvgIpc) is 2.81. The first-order valence-electron chi connectivity index (χ1n) is 13.8. The smallest absolute Gasteiger partial charge is 0.331 e. The fourth-order valence-corrected chi connectivity index (χ4v) is 7.00. The molecule has 0 spiro atoms. The fraction of sp³-hybridized carbons (Fsp3) is 0.452. The summed E-state index contributed by atoms with van der Waals surface area (Å²) in [5.74, 6) is -2.36. The van der Waals surface area contributed by atoms with E-state index in [9.17, 15) is 23.2 Å². The monoisotopic (exact) mass is 584 g/mol. The van der Waals surface area contributed by atoms with E-state index in [1.54, 1.807) is 40.0 Å². The number of benzene rings is 2. The van der Waals surface area contributed by atoms with E-state index in [4.69, 9.17) is 9.47 Å². The Bertz CT molecular complexity index is 1380. The molecule has 2 amide bonds. The van der Waals surface area contributed by atoms with Crippen LogP contribution in [0.25, 0.3) is 0 Å². The molecule has 1 aliphatic heterocycles. The number of hydrogen-bond acceptors (Lipinski definition) is 5. The van der Waals surface area contributed by atoms with E-state index in [1.807, 2.05) is 25.7 Å². The second-order valence-electron chi connectivity index (χ2n) is 12.7. The maximum Gasteiger partial charge on any atom is 0.331 e. The number of esters is 1. The summed E-state index contributed by atoms with van der Waals surface area (Å²) in [7, 11) is -0.747. The molecule has 1 heterocycles. The van der Waals surface area contributed by atoms with Gasteiger partial charge in [0, 0.05) is 29.4 Å². The molecule has 2 aromatic rings. The van der Waals surface area contributed by atoms with E-state index in [0.29, 0.717) is 30.6 Å². The van der Waals surface area contributed by atoms with Crippen molar-refractivity contribution in [2.24, 2.45) is 5.92 Å². The molecule has 41 heavy (non-hydrogen) atoms. The lowest BCUT2D eigenvalue weighted by Gasteiger charge is -2.40. The van der Waals surface area contributed by atoms with Gasteiger partial charge in [-0.25, -0.2) is 13.6 Å². The first-order chi connectivity index (χ1) is 19.1. The summed E-state index contributed by atoms with van der Waals surface area (Å²) in [6.45, 7) is 11.2. The molecule has 0 bridgehead atoms. The molecule has 1 N–H and O–H groups in total. The molecule has 220 valence electrons. The van der Waals surface area contributed by atoms with Crippen molar-refractivity contribution in [3.63, 3.8) is 0 Å². The van der Waals surface area contributed by atoms with Crippen molar-refractivity contribution >= 4 is 36.7 Å². The number of rotatable bonds is 6. The zero-order valence-corrected chi connectivity index (χ0v) is 25.7. The van der Waals surface area contributed by atoms with Crippen LogP contribution >= 0.6 is 0 Å². The van der Waals surface area contributed by atoms with Gasteiger partial charge in [-0.2, -0.15) is 0 Å². The lowest BCUT2D eigenvalue weighted by molar-refractivity contribution is -0.149. The van der Waals surface area contributed by atoms with Gasteiger partial charge in [0.15, 0.2) is 0 Å². The van der Waals surface area contributed by atoms with E-state index in [-0.39, 0.29) is 29.2 Å². The van der Waals surface area contributed by atoms with E-state index in [2.05, 4.69) is 5.32 Å². The van der Waals surface area contributed by atoms with E-state index < -0.39 is 43.2 Å². The van der Waals surface area contributed by atoms with Gasteiger partial charge in [0.2, 0.25) is 5.91 Å². The maximum atomic E-state index is 14.9. The van der Waals surface area contributed by atoms with Crippen molar-refractivity contribution in [1.29, 1.82) is 0 Å². The molecule has 4 rings (SSSR count). The summed E-state index contributed by atoms with van der Waals surface area (Å²) in [5, 5.41) is 2.73. The summed E-state index contributed by atoms with van der Waals surface area (Å²) < 4.78 is 40.5. The molecule has 2 aliphatic rings. The van der Waals surface area contributed by atoms with Crippen molar-refractivity contribution in [1.82, 2.24) is 4.90 Å². The Kier molecular flexibility index (Phi) is 8.45. The number of amides is 2. The van der Waals surface area contributed by atoms with E-state index in [1.165, 1.54) is 11.0 Å². The average molecular weight is 585 g/mol. The van der Waals surface area contributed by atoms with Crippen LogP contribution in [0.15, 0.2) is 42.0 Å². The van der Waals surface area contributed by atoms with Crippen molar-refractivity contribution in [3.05, 3.63) is 64.7 Å². The second kappa shape index (κ2) is 11.4. The zero-order valence-electron chi connectivity index (χ0n) is 24.7. The minimum absolute atomic E-state index is 0.00809. The first kappa shape index (κ1) is 30.4. The van der Waals surface area contributed by atoms with Crippen LogP contribution in [0.5, 0.6) is 5.75 Å². The van der Waals surface area contributed by atoms with Gasteiger partial charge in [-0.05, 0) is 75.4 Å². The van der Waals surface area contributed by atoms with Gasteiger partial charge in [0.05, 0.1) is 15.2 Å². The Morgan fingerprint density at radius 1 is 1.05 bits per heavy atom. The highest BCUT2D eigenvalue weighted by atomic mass is 28.3. The maximum absolute atomic E-state index is 14.9. The van der Waals surface area contributed by atoms with Gasteiger partial charge in [0.25, 0.3) is 5.91 Å². The van der Waals surface area contributed by atoms with Gasteiger partial charge < -0.3 is 19.7 Å². The van der Waals surface area contributed by atoms with Crippen molar-refractivity contribution < 1.29 is 32.6 Å². The minimum Gasteiger partial charge on any atom is -0.497 e. The van der Waals surface area contributed by atoms with Crippen LogP contribution in [-0.4, -0.2) is 50.0 Å². The number of nitrogens with one attached hydrogen (secondary N) is 1. The highest BCUT2D eigenvalue weighted by Gasteiger charge is 2.41. The summed E-state index contributed by atoms with van der Waals surface area (Å²) in [6.07, 6.45) is 2.74. The number of carbonyl (C=O) groups is 3. The number of anilines is 1. The Morgan fingerprint density at radius 2 is 1.68 bits per heavy atom. The Labute approximate surface area is 240 Å². The standard InChI is InChI=1S/C31H38F2N2O5Si/c1-31(2,3)40-26(36)14-18-12-20(13-18)30(38)35-11-10-19-15-22(39-4)8-9-23(19)27(35)29(37)34-21-16-24(32)28(25(33)17-21)41(5,6)7/h8-9,14-17,20,27H,10-13H2,1-7H3,(H,34,37)/t20?,27-/m1/s1. The quantitative estimate of drug-likeness (QED) is 0.285. The molecule has 1 saturated carbocycles. The number of fused-ring (bicyclic) bond motifs is 1. The Morgan fingerprint density at radius 3 is 2.24 bits per heavy atom. The van der Waals surface area contributed by atoms with Crippen LogP contribution in [0.2, 0.25) is 19.6 Å². The van der Waals surface area contributed by atoms with Gasteiger partial charge >= 0.3 is 5.97 Å². The lowest BCUT2D eigenvalue weighted by Crippen LogP contribution is -2.49. The number of methoxy groups -OCH3 is 1. The first-order valence-corrected chi connectivity index (χ1v) is 17.3. The van der Waals surface area contributed by atoms with E-state index in [0.717, 1.165) is 23.3 Å². The third kappa shape index (κ3) is 6.86.